The van der Waals surface area contributed by atoms with Gasteiger partial charge in [0, 0.05) is 19.1 Å². The lowest BCUT2D eigenvalue weighted by molar-refractivity contribution is 0.0851. The van der Waals surface area contributed by atoms with Gasteiger partial charge in [0.1, 0.15) is 0 Å². The van der Waals surface area contributed by atoms with Crippen molar-refractivity contribution < 1.29 is 9.53 Å². The third-order valence-corrected chi connectivity index (χ3v) is 4.85. The molecule has 0 unspecified atom stereocenters. The van der Waals surface area contributed by atoms with Crippen molar-refractivity contribution >= 4 is 17.1 Å². The van der Waals surface area contributed by atoms with Crippen molar-refractivity contribution in [2.75, 3.05) is 19.7 Å². The number of hydrogen-bond donors (Lipinski definition) is 1. The zero-order chi connectivity index (χ0) is 15.8. The number of imidazole rings is 1. The van der Waals surface area contributed by atoms with Gasteiger partial charge >= 0.3 is 11.8 Å². The van der Waals surface area contributed by atoms with Gasteiger partial charge in [0.15, 0.2) is 0 Å². The van der Waals surface area contributed by atoms with Crippen LogP contribution in [0.2, 0.25) is 0 Å². The number of nitrogens with one attached hydrogen (secondary N) is 1. The van der Waals surface area contributed by atoms with Crippen molar-refractivity contribution in [2.24, 2.45) is 5.92 Å². The fraction of sp³-hybridized carbons (Fsp3) is 0.529. The van der Waals surface area contributed by atoms with E-state index in [4.69, 9.17) is 4.74 Å². The number of ether oxygens (including phenoxy) is 1. The summed E-state index contributed by atoms with van der Waals surface area (Å²) in [5.74, 6) is 0.585. The van der Waals surface area contributed by atoms with Crippen molar-refractivity contribution in [3.63, 3.8) is 0 Å². The van der Waals surface area contributed by atoms with Crippen molar-refractivity contribution in [1.82, 2.24) is 14.5 Å². The molecule has 2 aliphatic rings. The second kappa shape index (κ2) is 5.76. The van der Waals surface area contributed by atoms with Crippen LogP contribution in [0.3, 0.4) is 0 Å². The summed E-state index contributed by atoms with van der Waals surface area (Å²) in [6, 6.07) is 7.87. The lowest BCUT2D eigenvalue weighted by Gasteiger charge is -2.31. The lowest BCUT2D eigenvalue weighted by atomic mass is 10.0. The van der Waals surface area contributed by atoms with Crippen LogP contribution in [0, 0.1) is 5.92 Å². The minimum absolute atomic E-state index is 0.0686. The number of piperidine rings is 1. The summed E-state index contributed by atoms with van der Waals surface area (Å²) in [4.78, 5) is 28.9. The summed E-state index contributed by atoms with van der Waals surface area (Å²) < 4.78 is 7.17. The molecule has 122 valence electrons. The number of nitrogens with zero attached hydrogens (tertiary/aromatic N) is 2. The number of likely N-dealkylation sites (tertiary alicyclic amines) is 1. The van der Waals surface area contributed by atoms with E-state index in [-0.39, 0.29) is 17.8 Å². The van der Waals surface area contributed by atoms with E-state index in [0.29, 0.717) is 25.6 Å². The zero-order valence-corrected chi connectivity index (χ0v) is 13.0. The van der Waals surface area contributed by atoms with Crippen LogP contribution in [0.5, 0.6) is 0 Å². The minimum atomic E-state index is -0.207. The molecule has 1 aliphatic carbocycles. The Hall–Kier alpha value is -2.24. The molecule has 0 radical (unpaired) electrons. The average molecular weight is 315 g/mol. The molecule has 6 nitrogen and oxygen atoms in total. The molecule has 0 atom stereocenters. The van der Waals surface area contributed by atoms with Gasteiger partial charge in [0.25, 0.3) is 0 Å². The molecule has 2 aromatic rings. The fourth-order valence-electron chi connectivity index (χ4n) is 3.31. The molecule has 1 saturated heterocycles. The van der Waals surface area contributed by atoms with E-state index in [1.165, 1.54) is 12.8 Å². The molecule has 4 rings (SSSR count). The molecule has 0 bridgehead atoms. The number of carbonyl (C=O) groups excluding carboxylic acids is 1. The molecule has 1 aromatic heterocycles. The fourth-order valence-corrected chi connectivity index (χ4v) is 3.31. The number of aromatic nitrogens is 2. The smallest absolute Gasteiger partial charge is 0.409 e. The van der Waals surface area contributed by atoms with E-state index < -0.39 is 0 Å². The summed E-state index contributed by atoms with van der Waals surface area (Å²) in [5.41, 5.74) is 1.73. The van der Waals surface area contributed by atoms with Crippen LogP contribution in [0.15, 0.2) is 29.1 Å². The molecule has 1 aromatic carbocycles. The maximum atomic E-state index is 12.2. The topological polar surface area (TPSA) is 67.3 Å². The first-order chi connectivity index (χ1) is 11.2. The molecule has 1 aliphatic heterocycles. The van der Waals surface area contributed by atoms with Crippen molar-refractivity contribution in [3.05, 3.63) is 34.7 Å². The normalized spacial score (nSPS) is 19.2. The number of hydrogen-bond acceptors (Lipinski definition) is 3. The Balaban J connectivity index is 1.43. The minimum Gasteiger partial charge on any atom is -0.449 e. The first kappa shape index (κ1) is 14.4. The third kappa shape index (κ3) is 2.85. The van der Waals surface area contributed by atoms with Crippen LogP contribution in [-0.2, 0) is 4.74 Å². The molecule has 2 fully saturated rings. The van der Waals surface area contributed by atoms with E-state index >= 15 is 0 Å². The van der Waals surface area contributed by atoms with Crippen LogP contribution >= 0.6 is 0 Å². The second-order valence-electron chi connectivity index (χ2n) is 6.56. The van der Waals surface area contributed by atoms with Crippen molar-refractivity contribution in [1.29, 1.82) is 0 Å². The van der Waals surface area contributed by atoms with E-state index in [1.807, 2.05) is 28.8 Å². The number of H-pyrrole nitrogens is 1. The van der Waals surface area contributed by atoms with Crippen LogP contribution < -0.4 is 5.69 Å². The highest BCUT2D eigenvalue weighted by Crippen LogP contribution is 2.29. The number of fused-ring (bicyclic) bond motifs is 1. The summed E-state index contributed by atoms with van der Waals surface area (Å²) in [6.07, 6.45) is 3.71. The molecule has 0 spiro atoms. The van der Waals surface area contributed by atoms with Gasteiger partial charge < -0.3 is 14.6 Å². The van der Waals surface area contributed by atoms with Gasteiger partial charge in [-0.2, -0.15) is 0 Å². The molecule has 1 N–H and O–H groups in total. The lowest BCUT2D eigenvalue weighted by Crippen LogP contribution is -2.41. The van der Waals surface area contributed by atoms with Gasteiger partial charge in [-0.3, -0.25) is 4.57 Å². The van der Waals surface area contributed by atoms with Gasteiger partial charge in [-0.1, -0.05) is 12.1 Å². The van der Waals surface area contributed by atoms with Crippen LogP contribution in [0.1, 0.15) is 31.7 Å². The highest BCUT2D eigenvalue weighted by atomic mass is 16.6. The van der Waals surface area contributed by atoms with Gasteiger partial charge in [-0.15, -0.1) is 0 Å². The summed E-state index contributed by atoms with van der Waals surface area (Å²) in [7, 11) is 0. The van der Waals surface area contributed by atoms with Crippen molar-refractivity contribution in [2.45, 2.75) is 31.7 Å². The monoisotopic (exact) mass is 315 g/mol. The quantitative estimate of drug-likeness (QED) is 0.946. The number of amides is 1. The average Bonchev–Trinajstić information content (AvgIpc) is 3.34. The predicted molar refractivity (Wildman–Crippen MR) is 86.5 cm³/mol. The Labute approximate surface area is 134 Å². The van der Waals surface area contributed by atoms with Gasteiger partial charge in [0.2, 0.25) is 0 Å². The van der Waals surface area contributed by atoms with Crippen LogP contribution in [0.25, 0.3) is 11.0 Å². The standard InChI is InChI=1S/C17H21N3O3/c21-16-18-14-3-1-2-4-15(14)20(16)13-7-9-19(10-8-13)17(22)23-11-12-5-6-12/h1-4,12-13H,5-11H2,(H,18,21). The molecule has 1 saturated carbocycles. The predicted octanol–water partition coefficient (Wildman–Crippen LogP) is 2.51. The Morgan fingerprint density at radius 3 is 2.65 bits per heavy atom. The number of para-hydroxylation sites is 2. The first-order valence-corrected chi connectivity index (χ1v) is 8.33. The third-order valence-electron chi connectivity index (χ3n) is 4.85. The molecule has 6 heteroatoms. The van der Waals surface area contributed by atoms with Gasteiger partial charge in [-0.25, -0.2) is 9.59 Å². The Kier molecular flexibility index (Phi) is 3.59. The molecular weight excluding hydrogens is 294 g/mol. The second-order valence-corrected chi connectivity index (χ2v) is 6.56. The Morgan fingerprint density at radius 2 is 1.91 bits per heavy atom. The van der Waals surface area contributed by atoms with E-state index in [0.717, 1.165) is 23.9 Å². The maximum Gasteiger partial charge on any atom is 0.409 e. The Bertz CT molecular complexity index is 767. The Morgan fingerprint density at radius 1 is 1.17 bits per heavy atom. The van der Waals surface area contributed by atoms with Gasteiger partial charge in [0.05, 0.1) is 17.6 Å². The zero-order valence-electron chi connectivity index (χ0n) is 13.0. The molecular formula is C17H21N3O3. The molecule has 1 amide bonds. The summed E-state index contributed by atoms with van der Waals surface area (Å²) >= 11 is 0. The number of aromatic amines is 1. The SMILES string of the molecule is O=C(OCC1CC1)N1CCC(n2c(=O)[nH]c3ccccc32)CC1. The highest BCUT2D eigenvalue weighted by molar-refractivity contribution is 5.75. The largest absolute Gasteiger partial charge is 0.449 e. The van der Waals surface area contributed by atoms with Crippen molar-refractivity contribution in [3.8, 4) is 0 Å². The molecule has 23 heavy (non-hydrogen) atoms. The highest BCUT2D eigenvalue weighted by Gasteiger charge is 2.28. The van der Waals surface area contributed by atoms with Gasteiger partial charge in [-0.05, 0) is 43.7 Å². The molecule has 2 heterocycles. The van der Waals surface area contributed by atoms with Crippen LogP contribution in [-0.4, -0.2) is 40.2 Å². The van der Waals surface area contributed by atoms with E-state index in [2.05, 4.69) is 4.98 Å². The number of benzene rings is 1. The maximum absolute atomic E-state index is 12.2. The van der Waals surface area contributed by atoms with E-state index in [1.54, 1.807) is 4.90 Å². The number of carbonyl (C=O) groups is 1. The summed E-state index contributed by atoms with van der Waals surface area (Å²) in [5, 5.41) is 0. The van der Waals surface area contributed by atoms with Crippen LogP contribution in [0.4, 0.5) is 4.79 Å². The summed E-state index contributed by atoms with van der Waals surface area (Å²) in [6.45, 7) is 1.83. The van der Waals surface area contributed by atoms with E-state index in [9.17, 15) is 9.59 Å². The first-order valence-electron chi connectivity index (χ1n) is 8.33. The number of rotatable bonds is 3.